The first-order chi connectivity index (χ1) is 10.8. The summed E-state index contributed by atoms with van der Waals surface area (Å²) in [5, 5.41) is 20.2. The van der Waals surface area contributed by atoms with Gasteiger partial charge in [-0.05, 0) is 32.4 Å². The number of nitriles is 1. The van der Waals surface area contributed by atoms with E-state index in [2.05, 4.69) is 26.7 Å². The minimum atomic E-state index is -0.895. The first-order valence-electron chi connectivity index (χ1n) is 7.36. The van der Waals surface area contributed by atoms with E-state index < -0.39 is 11.0 Å². The normalized spacial score (nSPS) is 22.1. The molecule has 0 spiro atoms. The minimum absolute atomic E-state index is 0.122. The number of nitrogens with zero attached hydrogens (tertiary/aromatic N) is 5. The highest BCUT2D eigenvalue weighted by Crippen LogP contribution is 2.39. The molecule has 1 N–H and O–H groups in total. The van der Waals surface area contributed by atoms with Crippen molar-refractivity contribution in [2.45, 2.75) is 38.1 Å². The maximum absolute atomic E-state index is 12.8. The Labute approximate surface area is 134 Å². The molecule has 0 aliphatic carbocycles. The van der Waals surface area contributed by atoms with Crippen LogP contribution in [0.5, 0.6) is 0 Å². The van der Waals surface area contributed by atoms with Crippen LogP contribution in [0.1, 0.15) is 43.4 Å². The molecular weight excluding hydrogens is 292 g/mol. The zero-order valence-corrected chi connectivity index (χ0v) is 13.6. The molecular formula is C16H18N6O. The van der Waals surface area contributed by atoms with Gasteiger partial charge in [0, 0.05) is 19.7 Å². The maximum atomic E-state index is 12.8. The van der Waals surface area contributed by atoms with E-state index >= 15 is 0 Å². The van der Waals surface area contributed by atoms with Crippen LogP contribution in [-0.4, -0.2) is 25.9 Å². The Morgan fingerprint density at radius 2 is 2.09 bits per heavy atom. The Morgan fingerprint density at radius 3 is 2.70 bits per heavy atom. The summed E-state index contributed by atoms with van der Waals surface area (Å²) in [5.74, 6) is -0.122. The molecule has 0 saturated heterocycles. The van der Waals surface area contributed by atoms with Gasteiger partial charge in [0.2, 0.25) is 5.91 Å². The topological polar surface area (TPSA) is 96.5 Å². The Kier molecular flexibility index (Phi) is 3.22. The second-order valence-corrected chi connectivity index (χ2v) is 6.68. The van der Waals surface area contributed by atoms with Gasteiger partial charge in [-0.2, -0.15) is 5.26 Å². The lowest BCUT2D eigenvalue weighted by Crippen LogP contribution is -2.57. The number of carbonyl (C=O) groups is 1. The Balaban J connectivity index is 2.17. The van der Waals surface area contributed by atoms with Gasteiger partial charge in [0.1, 0.15) is 11.8 Å². The van der Waals surface area contributed by atoms with Crippen LogP contribution in [0.2, 0.25) is 0 Å². The van der Waals surface area contributed by atoms with Gasteiger partial charge in [-0.3, -0.25) is 9.48 Å². The molecule has 2 aromatic heterocycles. The zero-order chi connectivity index (χ0) is 16.8. The van der Waals surface area contributed by atoms with Crippen molar-refractivity contribution in [3.8, 4) is 6.07 Å². The van der Waals surface area contributed by atoms with Crippen LogP contribution in [0.4, 0.5) is 0 Å². The summed E-state index contributed by atoms with van der Waals surface area (Å²) in [7, 11) is 1.78. The Hall–Kier alpha value is -2.75. The van der Waals surface area contributed by atoms with Crippen LogP contribution < -0.4 is 5.32 Å². The van der Waals surface area contributed by atoms with Gasteiger partial charge in [-0.25, -0.2) is 4.98 Å². The Morgan fingerprint density at radius 1 is 1.35 bits per heavy atom. The second-order valence-electron chi connectivity index (χ2n) is 6.68. The number of hydrogen-bond donors (Lipinski definition) is 1. The molecule has 1 atom stereocenters. The molecule has 2 aromatic rings. The third-order valence-corrected chi connectivity index (χ3v) is 4.32. The molecule has 3 heterocycles. The lowest BCUT2D eigenvalue weighted by atomic mass is 9.71. The predicted molar refractivity (Wildman–Crippen MR) is 82.2 cm³/mol. The molecule has 1 aliphatic rings. The van der Waals surface area contributed by atoms with E-state index in [4.69, 9.17) is 5.26 Å². The molecule has 0 saturated carbocycles. The smallest absolute Gasteiger partial charge is 0.233 e. The van der Waals surface area contributed by atoms with Gasteiger partial charge in [0.25, 0.3) is 0 Å². The van der Waals surface area contributed by atoms with E-state index in [9.17, 15) is 4.79 Å². The SMILES string of the molecule is Cn1cc(CC2(C)C(=O)NC(C)(C)c3ccc(C#N)nc32)nn1. The van der Waals surface area contributed by atoms with Crippen LogP contribution in [0, 0.1) is 11.3 Å². The van der Waals surface area contributed by atoms with Crippen LogP contribution in [0.25, 0.3) is 0 Å². The van der Waals surface area contributed by atoms with Crippen molar-refractivity contribution in [3.05, 3.63) is 41.0 Å². The van der Waals surface area contributed by atoms with Crippen molar-refractivity contribution in [3.63, 3.8) is 0 Å². The summed E-state index contributed by atoms with van der Waals surface area (Å²) in [6.45, 7) is 5.69. The first-order valence-corrected chi connectivity index (χ1v) is 7.36. The molecule has 1 amide bonds. The number of aryl methyl sites for hydroxylation is 1. The molecule has 1 unspecified atom stereocenters. The third kappa shape index (κ3) is 2.36. The van der Waals surface area contributed by atoms with Crippen molar-refractivity contribution in [1.29, 1.82) is 5.26 Å². The standard InChI is InChI=1S/C16H18N6O/c1-15(2)12-6-5-10(8-17)18-13(12)16(3,14(23)19-15)7-11-9-22(4)21-20-11/h5-6,9H,7H2,1-4H3,(H,19,23). The van der Waals surface area contributed by atoms with Crippen LogP contribution in [0.15, 0.2) is 18.3 Å². The molecule has 1 aliphatic heterocycles. The summed E-state index contributed by atoms with van der Waals surface area (Å²) in [5.41, 5.74) is 1.14. The van der Waals surface area contributed by atoms with E-state index in [1.54, 1.807) is 24.0 Å². The lowest BCUT2D eigenvalue weighted by molar-refractivity contribution is -0.129. The van der Waals surface area contributed by atoms with Gasteiger partial charge in [-0.1, -0.05) is 11.3 Å². The number of amides is 1. The monoisotopic (exact) mass is 310 g/mol. The fourth-order valence-electron chi connectivity index (χ4n) is 3.05. The average Bonchev–Trinajstić information content (AvgIpc) is 2.89. The largest absolute Gasteiger partial charge is 0.346 e. The minimum Gasteiger partial charge on any atom is -0.346 e. The van der Waals surface area contributed by atoms with Crippen molar-refractivity contribution >= 4 is 5.91 Å². The fourth-order valence-corrected chi connectivity index (χ4v) is 3.05. The highest BCUT2D eigenvalue weighted by atomic mass is 16.2. The molecule has 7 heteroatoms. The highest BCUT2D eigenvalue weighted by Gasteiger charge is 2.48. The molecule has 0 fully saturated rings. The quantitative estimate of drug-likeness (QED) is 0.890. The molecule has 23 heavy (non-hydrogen) atoms. The highest BCUT2D eigenvalue weighted by molar-refractivity contribution is 5.90. The van der Waals surface area contributed by atoms with Crippen molar-refractivity contribution in [1.82, 2.24) is 25.3 Å². The summed E-state index contributed by atoms with van der Waals surface area (Å²) in [6, 6.07) is 5.60. The van der Waals surface area contributed by atoms with E-state index in [1.807, 2.05) is 26.8 Å². The number of hydrogen-bond acceptors (Lipinski definition) is 5. The summed E-state index contributed by atoms with van der Waals surface area (Å²) < 4.78 is 1.60. The molecule has 3 rings (SSSR count). The van der Waals surface area contributed by atoms with E-state index in [0.29, 0.717) is 23.5 Å². The van der Waals surface area contributed by atoms with E-state index in [0.717, 1.165) is 5.56 Å². The number of pyridine rings is 1. The van der Waals surface area contributed by atoms with Gasteiger partial charge in [0.15, 0.2) is 0 Å². The maximum Gasteiger partial charge on any atom is 0.233 e. The Bertz CT molecular complexity index is 831. The van der Waals surface area contributed by atoms with Crippen molar-refractivity contribution < 1.29 is 4.79 Å². The van der Waals surface area contributed by atoms with Crippen molar-refractivity contribution in [2.24, 2.45) is 7.05 Å². The molecule has 7 nitrogen and oxygen atoms in total. The number of fused-ring (bicyclic) bond motifs is 1. The molecule has 0 bridgehead atoms. The number of rotatable bonds is 2. The van der Waals surface area contributed by atoms with Gasteiger partial charge in [-0.15, -0.1) is 5.10 Å². The average molecular weight is 310 g/mol. The summed E-state index contributed by atoms with van der Waals surface area (Å²) in [4.78, 5) is 17.3. The summed E-state index contributed by atoms with van der Waals surface area (Å²) in [6.07, 6.45) is 2.16. The van der Waals surface area contributed by atoms with Gasteiger partial charge in [0.05, 0.1) is 22.3 Å². The lowest BCUT2D eigenvalue weighted by Gasteiger charge is -2.42. The van der Waals surface area contributed by atoms with Crippen LogP contribution in [0.3, 0.4) is 0 Å². The van der Waals surface area contributed by atoms with E-state index in [-0.39, 0.29) is 5.91 Å². The summed E-state index contributed by atoms with van der Waals surface area (Å²) >= 11 is 0. The second kappa shape index (κ2) is 4.88. The van der Waals surface area contributed by atoms with Crippen molar-refractivity contribution in [2.75, 3.05) is 0 Å². The van der Waals surface area contributed by atoms with Crippen LogP contribution in [-0.2, 0) is 29.2 Å². The first kappa shape index (κ1) is 15.2. The van der Waals surface area contributed by atoms with Gasteiger partial charge < -0.3 is 5.32 Å². The fraction of sp³-hybridized carbons (Fsp3) is 0.438. The van der Waals surface area contributed by atoms with Gasteiger partial charge >= 0.3 is 0 Å². The molecule has 0 aromatic carbocycles. The predicted octanol–water partition coefficient (Wildman–Crippen LogP) is 0.947. The molecule has 0 radical (unpaired) electrons. The third-order valence-electron chi connectivity index (χ3n) is 4.32. The van der Waals surface area contributed by atoms with Crippen LogP contribution >= 0.6 is 0 Å². The number of nitrogens with one attached hydrogen (secondary N) is 1. The van der Waals surface area contributed by atoms with E-state index in [1.165, 1.54) is 0 Å². The molecule has 118 valence electrons. The number of aromatic nitrogens is 4. The number of carbonyl (C=O) groups excluding carboxylic acids is 1. The zero-order valence-electron chi connectivity index (χ0n) is 13.6.